The second-order valence-electron chi connectivity index (χ2n) is 11.6. The van der Waals surface area contributed by atoms with Gasteiger partial charge in [-0.1, -0.05) is 44.7 Å². The summed E-state index contributed by atoms with van der Waals surface area (Å²) < 4.78 is 6.24. The number of amides is 1. The number of thioether (sulfide) groups is 1. The van der Waals surface area contributed by atoms with Crippen molar-refractivity contribution < 1.29 is 14.3 Å². The fourth-order valence-electron chi connectivity index (χ4n) is 6.62. The first-order chi connectivity index (χ1) is 20.4. The van der Waals surface area contributed by atoms with Crippen molar-refractivity contribution in [3.05, 3.63) is 54.2 Å². The molecule has 5 atom stereocenters. The second kappa shape index (κ2) is 13.5. The Balaban J connectivity index is 1.44. The lowest BCUT2D eigenvalue weighted by Crippen LogP contribution is -2.57. The van der Waals surface area contributed by atoms with E-state index in [1.807, 2.05) is 6.07 Å². The second-order valence-corrected chi connectivity index (χ2v) is 12.7. The third-order valence-electron chi connectivity index (χ3n) is 9.07. The molecule has 223 valence electrons. The average Bonchev–Trinajstić information content (AvgIpc) is 3.43. The van der Waals surface area contributed by atoms with E-state index in [2.05, 4.69) is 61.5 Å². The van der Waals surface area contributed by atoms with Crippen LogP contribution in [-0.2, 0) is 20.1 Å². The van der Waals surface area contributed by atoms with Crippen LogP contribution in [-0.4, -0.2) is 95.3 Å². The number of aliphatic imine (C=N–C) groups is 2. The maximum atomic E-state index is 14.4. The standard InChI is InChI=1S/C32H41N6O3S/c1-5-25-28(29(40)30-21(3)26-12-8-7-10-22(26)20-42-30)34-32(41-19-24-11-9-15-36(24)4)35-31(25)37-16-17-38(27(39)6-2)23(18-37)13-14-33/h6-8,10,12,21,23-25,30H,2,5,9,11,13,15-20H2,1,3-4H3/t21?,23?,24?,25?,30-/m1/s1. The van der Waals surface area contributed by atoms with E-state index in [4.69, 9.17) is 14.7 Å². The molecule has 0 aliphatic carbocycles. The van der Waals surface area contributed by atoms with Crippen molar-refractivity contribution in [3.8, 4) is 6.07 Å². The molecule has 9 nitrogen and oxygen atoms in total. The smallest absolute Gasteiger partial charge is 0.314 e. The summed E-state index contributed by atoms with van der Waals surface area (Å²) in [6.45, 7) is 10.8. The predicted octanol–water partition coefficient (Wildman–Crippen LogP) is 4.02. The molecule has 1 aromatic carbocycles. The van der Waals surface area contributed by atoms with Crippen molar-refractivity contribution in [2.75, 3.05) is 39.8 Å². The molecular weight excluding hydrogens is 548 g/mol. The Morgan fingerprint density at radius 2 is 2.02 bits per heavy atom. The van der Waals surface area contributed by atoms with Crippen LogP contribution in [0.1, 0.15) is 56.6 Å². The largest absolute Gasteiger partial charge is 0.462 e. The number of likely N-dealkylation sites (tertiary alicyclic amines) is 1. The van der Waals surface area contributed by atoms with Gasteiger partial charge in [-0.15, -0.1) is 11.8 Å². The zero-order valence-corrected chi connectivity index (χ0v) is 25.7. The average molecular weight is 590 g/mol. The van der Waals surface area contributed by atoms with Crippen LogP contribution >= 0.6 is 11.8 Å². The zero-order valence-electron chi connectivity index (χ0n) is 24.9. The number of likely N-dealkylation sites (N-methyl/N-ethyl adjacent to an activating group) is 1. The van der Waals surface area contributed by atoms with Crippen LogP contribution in [0, 0.1) is 23.4 Å². The highest BCUT2D eigenvalue weighted by molar-refractivity contribution is 8.00. The van der Waals surface area contributed by atoms with Gasteiger partial charge in [0, 0.05) is 43.3 Å². The van der Waals surface area contributed by atoms with E-state index < -0.39 is 0 Å². The van der Waals surface area contributed by atoms with Gasteiger partial charge in [0.05, 0.1) is 29.5 Å². The zero-order chi connectivity index (χ0) is 29.8. The lowest BCUT2D eigenvalue weighted by Gasteiger charge is -2.44. The summed E-state index contributed by atoms with van der Waals surface area (Å²) in [5.41, 5.74) is 3.01. The number of benzene rings is 1. The number of fused-ring (bicyclic) bond motifs is 1. The van der Waals surface area contributed by atoms with Gasteiger partial charge in [-0.05, 0) is 50.1 Å². The Kier molecular flexibility index (Phi) is 9.81. The summed E-state index contributed by atoms with van der Waals surface area (Å²) in [4.78, 5) is 42.8. The number of nitriles is 1. The molecule has 4 aliphatic heterocycles. The van der Waals surface area contributed by atoms with Gasteiger partial charge in [0.2, 0.25) is 5.91 Å². The summed E-state index contributed by atoms with van der Waals surface area (Å²) in [5.74, 6) is 0.408. The summed E-state index contributed by atoms with van der Waals surface area (Å²) in [6.07, 6.45) is 5.09. The van der Waals surface area contributed by atoms with Crippen LogP contribution in [0.2, 0.25) is 0 Å². The summed E-state index contributed by atoms with van der Waals surface area (Å²) >= 11 is 1.68. The first-order valence-corrected chi connectivity index (χ1v) is 16.1. The molecule has 0 saturated carbocycles. The summed E-state index contributed by atoms with van der Waals surface area (Å²) in [5, 5.41) is 9.27. The molecule has 4 unspecified atom stereocenters. The highest BCUT2D eigenvalue weighted by Crippen LogP contribution is 2.41. The molecule has 5 rings (SSSR count). The number of amidine groups is 1. The van der Waals surface area contributed by atoms with E-state index in [1.54, 1.807) is 16.7 Å². The minimum absolute atomic E-state index is 0.0365. The molecule has 1 aromatic rings. The molecule has 4 heterocycles. The normalized spacial score (nSPS) is 28.8. The highest BCUT2D eigenvalue weighted by Gasteiger charge is 2.44. The quantitative estimate of drug-likeness (QED) is 0.422. The van der Waals surface area contributed by atoms with Crippen LogP contribution in [0.15, 0.2) is 46.9 Å². The van der Waals surface area contributed by atoms with Crippen LogP contribution in [0.3, 0.4) is 0 Å². The van der Waals surface area contributed by atoms with Gasteiger partial charge in [0.1, 0.15) is 6.61 Å². The first-order valence-electron chi connectivity index (χ1n) is 15.0. The van der Waals surface area contributed by atoms with E-state index >= 15 is 0 Å². The van der Waals surface area contributed by atoms with Gasteiger partial charge < -0.3 is 14.5 Å². The van der Waals surface area contributed by atoms with E-state index in [-0.39, 0.29) is 53.3 Å². The number of Topliss-reactive ketones (excluding diaryl/α,β-unsaturated/α-hetero) is 1. The van der Waals surface area contributed by atoms with E-state index in [0.717, 1.165) is 31.3 Å². The molecular formula is C32H41N6O3S. The number of hydrogen-bond donors (Lipinski definition) is 0. The third kappa shape index (κ3) is 6.19. The SMILES string of the molecule is C=CC(=O)N1CCN([C]2N=C(OCC3CCCN3C)N=C(C(=O)[C@@H]3SCc4ccccc4C3C)C2CC)CC1CC#N. The van der Waals surface area contributed by atoms with Crippen LogP contribution in [0.4, 0.5) is 0 Å². The van der Waals surface area contributed by atoms with Crippen molar-refractivity contribution >= 4 is 35.2 Å². The van der Waals surface area contributed by atoms with Crippen LogP contribution in [0.25, 0.3) is 0 Å². The van der Waals surface area contributed by atoms with Gasteiger partial charge in [-0.25, -0.2) is 4.99 Å². The first kappa shape index (κ1) is 30.5. The molecule has 1 amide bonds. The number of carbonyl (C=O) groups is 2. The van der Waals surface area contributed by atoms with Gasteiger partial charge in [0.15, 0.2) is 11.9 Å². The highest BCUT2D eigenvalue weighted by atomic mass is 32.2. The fraction of sp³-hybridized carbons (Fsp3) is 0.562. The van der Waals surface area contributed by atoms with Gasteiger partial charge >= 0.3 is 6.02 Å². The maximum absolute atomic E-state index is 14.4. The topological polar surface area (TPSA) is 102 Å². The molecule has 0 spiro atoms. The number of ketones is 1. The lowest BCUT2D eigenvalue weighted by atomic mass is 9.85. The predicted molar refractivity (Wildman–Crippen MR) is 166 cm³/mol. The Hall–Kier alpha value is -3.00. The number of ether oxygens (including phenoxy) is 1. The minimum Gasteiger partial charge on any atom is -0.462 e. The molecule has 2 fully saturated rings. The number of carbonyl (C=O) groups excluding carboxylic acids is 2. The number of piperazine rings is 1. The molecule has 2 saturated heterocycles. The molecule has 0 N–H and O–H groups in total. The lowest BCUT2D eigenvalue weighted by molar-refractivity contribution is -0.130. The van der Waals surface area contributed by atoms with Crippen molar-refractivity contribution in [3.63, 3.8) is 0 Å². The van der Waals surface area contributed by atoms with Gasteiger partial charge in [-0.3, -0.25) is 14.5 Å². The van der Waals surface area contributed by atoms with E-state index in [1.165, 1.54) is 17.2 Å². The molecule has 42 heavy (non-hydrogen) atoms. The van der Waals surface area contributed by atoms with Gasteiger partial charge in [0.25, 0.3) is 0 Å². The van der Waals surface area contributed by atoms with Gasteiger partial charge in [-0.2, -0.15) is 10.3 Å². The molecule has 4 aliphatic rings. The number of nitrogens with zero attached hydrogens (tertiary/aromatic N) is 6. The monoisotopic (exact) mass is 589 g/mol. The summed E-state index contributed by atoms with van der Waals surface area (Å²) in [7, 11) is 2.10. The Morgan fingerprint density at radius 1 is 1.21 bits per heavy atom. The van der Waals surface area contributed by atoms with Crippen molar-refractivity contribution in [1.82, 2.24) is 14.7 Å². The van der Waals surface area contributed by atoms with Crippen LogP contribution in [0.5, 0.6) is 0 Å². The molecule has 0 bridgehead atoms. The van der Waals surface area contributed by atoms with Crippen molar-refractivity contribution in [2.24, 2.45) is 15.9 Å². The third-order valence-corrected chi connectivity index (χ3v) is 10.5. The van der Waals surface area contributed by atoms with Crippen molar-refractivity contribution in [1.29, 1.82) is 5.26 Å². The van der Waals surface area contributed by atoms with E-state index in [9.17, 15) is 14.9 Å². The Bertz CT molecular complexity index is 1290. The number of rotatable bonds is 8. The summed E-state index contributed by atoms with van der Waals surface area (Å²) in [6, 6.07) is 10.8. The van der Waals surface area contributed by atoms with Crippen LogP contribution < -0.4 is 0 Å². The molecule has 10 heteroatoms. The van der Waals surface area contributed by atoms with Crippen molar-refractivity contribution in [2.45, 2.75) is 68.5 Å². The maximum Gasteiger partial charge on any atom is 0.314 e. The molecule has 1 radical (unpaired) electrons. The fourth-order valence-corrected chi connectivity index (χ4v) is 7.95. The Labute approximate surface area is 253 Å². The Morgan fingerprint density at radius 3 is 2.74 bits per heavy atom. The molecule has 0 aromatic heterocycles. The number of hydrogen-bond acceptors (Lipinski definition) is 9. The van der Waals surface area contributed by atoms with E-state index in [0.29, 0.717) is 38.4 Å². The minimum atomic E-state index is -0.298.